The maximum atomic E-state index is 11.7. The van der Waals surface area contributed by atoms with Crippen molar-refractivity contribution < 1.29 is 19.4 Å². The van der Waals surface area contributed by atoms with E-state index in [1.54, 1.807) is 0 Å². The highest BCUT2D eigenvalue weighted by Crippen LogP contribution is 2.35. The number of carboxylic acid groups (broad SMARTS) is 1. The Morgan fingerprint density at radius 1 is 1.14 bits per heavy atom. The van der Waals surface area contributed by atoms with Crippen molar-refractivity contribution in [3.8, 4) is 0 Å². The van der Waals surface area contributed by atoms with E-state index in [4.69, 9.17) is 4.74 Å². The van der Waals surface area contributed by atoms with Gasteiger partial charge in [-0.1, -0.05) is 26.2 Å². The fourth-order valence-corrected chi connectivity index (χ4v) is 2.63. The highest BCUT2D eigenvalue weighted by Gasteiger charge is 2.39. The summed E-state index contributed by atoms with van der Waals surface area (Å²) in [7, 11) is 0. The molecule has 3 N–H and O–H groups in total. The average molecular weight is 300 g/mol. The third kappa shape index (κ3) is 6.33. The maximum Gasteiger partial charge on any atom is 0.314 e. The van der Waals surface area contributed by atoms with E-state index in [0.717, 1.165) is 38.7 Å². The van der Waals surface area contributed by atoms with Gasteiger partial charge in [-0.15, -0.1) is 0 Å². The van der Waals surface area contributed by atoms with Gasteiger partial charge in [-0.25, -0.2) is 4.79 Å². The molecule has 0 saturated heterocycles. The zero-order valence-electron chi connectivity index (χ0n) is 13.0. The van der Waals surface area contributed by atoms with Crippen LogP contribution >= 0.6 is 0 Å². The van der Waals surface area contributed by atoms with Crippen LogP contribution in [0.1, 0.15) is 51.9 Å². The molecule has 0 radical (unpaired) electrons. The minimum absolute atomic E-state index is 0.209. The van der Waals surface area contributed by atoms with Gasteiger partial charge in [0, 0.05) is 26.3 Å². The predicted molar refractivity (Wildman–Crippen MR) is 80.3 cm³/mol. The number of hydrogen-bond donors (Lipinski definition) is 3. The van der Waals surface area contributed by atoms with Crippen LogP contribution in [0.5, 0.6) is 0 Å². The standard InChI is InChI=1S/C15H28N2O4/c1-2-10-21-11-6-9-16-14(20)17-12-15(13(18)19)7-4-3-5-8-15/h2-12H2,1H3,(H,18,19)(H2,16,17,20). The number of amides is 2. The fourth-order valence-electron chi connectivity index (χ4n) is 2.63. The van der Waals surface area contributed by atoms with Gasteiger partial charge in [0.15, 0.2) is 0 Å². The van der Waals surface area contributed by atoms with Crippen LogP contribution in [0.25, 0.3) is 0 Å². The number of carboxylic acids is 1. The zero-order valence-corrected chi connectivity index (χ0v) is 13.0. The summed E-state index contributed by atoms with van der Waals surface area (Å²) < 4.78 is 5.32. The Bertz CT molecular complexity index is 328. The number of carbonyl (C=O) groups is 2. The van der Waals surface area contributed by atoms with E-state index in [2.05, 4.69) is 17.6 Å². The molecule has 2 amide bonds. The van der Waals surface area contributed by atoms with Gasteiger partial charge in [0.2, 0.25) is 0 Å². The first-order valence-corrected chi connectivity index (χ1v) is 7.93. The molecular formula is C15H28N2O4. The first kappa shape index (κ1) is 17.8. The molecule has 1 aliphatic carbocycles. The summed E-state index contributed by atoms with van der Waals surface area (Å²) in [6, 6.07) is -0.295. The van der Waals surface area contributed by atoms with E-state index in [-0.39, 0.29) is 12.6 Å². The molecule has 0 aromatic heterocycles. The van der Waals surface area contributed by atoms with Crippen molar-refractivity contribution in [3.63, 3.8) is 0 Å². The topological polar surface area (TPSA) is 87.7 Å². The Hall–Kier alpha value is -1.30. The monoisotopic (exact) mass is 300 g/mol. The molecule has 0 aliphatic heterocycles. The van der Waals surface area contributed by atoms with Gasteiger partial charge in [0.1, 0.15) is 0 Å². The predicted octanol–water partition coefficient (Wildman–Crippen LogP) is 2.14. The van der Waals surface area contributed by atoms with Crippen LogP contribution in [-0.2, 0) is 9.53 Å². The lowest BCUT2D eigenvalue weighted by molar-refractivity contribution is -0.150. The second-order valence-corrected chi connectivity index (χ2v) is 5.72. The summed E-state index contributed by atoms with van der Waals surface area (Å²) in [6.45, 7) is 4.17. The molecule has 0 heterocycles. The van der Waals surface area contributed by atoms with Crippen molar-refractivity contribution in [2.75, 3.05) is 26.3 Å². The van der Waals surface area contributed by atoms with Crippen LogP contribution in [0.3, 0.4) is 0 Å². The Morgan fingerprint density at radius 3 is 2.48 bits per heavy atom. The second-order valence-electron chi connectivity index (χ2n) is 5.72. The molecule has 1 rings (SSSR count). The SMILES string of the molecule is CCCOCCCNC(=O)NCC1(C(=O)O)CCCCC1. The van der Waals surface area contributed by atoms with Gasteiger partial charge < -0.3 is 20.5 Å². The van der Waals surface area contributed by atoms with Crippen molar-refractivity contribution >= 4 is 12.0 Å². The Kier molecular flexibility index (Phi) is 8.12. The van der Waals surface area contributed by atoms with E-state index < -0.39 is 11.4 Å². The molecule has 0 aromatic carbocycles. The molecule has 6 heteroatoms. The third-order valence-electron chi connectivity index (χ3n) is 3.95. The van der Waals surface area contributed by atoms with Gasteiger partial charge in [-0.3, -0.25) is 4.79 Å². The summed E-state index contributed by atoms with van der Waals surface area (Å²) in [4.78, 5) is 23.1. The average Bonchev–Trinajstić information content (AvgIpc) is 2.49. The van der Waals surface area contributed by atoms with Crippen LogP contribution in [-0.4, -0.2) is 43.4 Å². The first-order valence-electron chi connectivity index (χ1n) is 7.93. The molecule has 0 spiro atoms. The molecule has 1 saturated carbocycles. The molecule has 122 valence electrons. The molecule has 1 fully saturated rings. The molecular weight excluding hydrogens is 272 g/mol. The lowest BCUT2D eigenvalue weighted by Crippen LogP contribution is -2.47. The van der Waals surface area contributed by atoms with Gasteiger partial charge in [-0.05, 0) is 25.7 Å². The fraction of sp³-hybridized carbons (Fsp3) is 0.867. The van der Waals surface area contributed by atoms with Crippen LogP contribution in [0.4, 0.5) is 4.79 Å². The number of hydrogen-bond acceptors (Lipinski definition) is 3. The smallest absolute Gasteiger partial charge is 0.314 e. The maximum absolute atomic E-state index is 11.7. The summed E-state index contributed by atoms with van der Waals surface area (Å²) in [5.41, 5.74) is -0.778. The Labute approximate surface area is 126 Å². The third-order valence-corrected chi connectivity index (χ3v) is 3.95. The molecule has 6 nitrogen and oxygen atoms in total. The normalized spacial score (nSPS) is 17.2. The van der Waals surface area contributed by atoms with Crippen LogP contribution in [0.15, 0.2) is 0 Å². The number of urea groups is 1. The van der Waals surface area contributed by atoms with Crippen molar-refractivity contribution in [1.29, 1.82) is 0 Å². The minimum atomic E-state index is -0.796. The first-order chi connectivity index (χ1) is 10.1. The van der Waals surface area contributed by atoms with E-state index in [1.165, 1.54) is 0 Å². The zero-order chi connectivity index (χ0) is 15.6. The van der Waals surface area contributed by atoms with Crippen LogP contribution < -0.4 is 10.6 Å². The van der Waals surface area contributed by atoms with E-state index in [0.29, 0.717) is 26.0 Å². The molecule has 21 heavy (non-hydrogen) atoms. The lowest BCUT2D eigenvalue weighted by atomic mass is 9.74. The van der Waals surface area contributed by atoms with Gasteiger partial charge in [-0.2, -0.15) is 0 Å². The number of nitrogens with one attached hydrogen (secondary N) is 2. The van der Waals surface area contributed by atoms with Crippen LogP contribution in [0.2, 0.25) is 0 Å². The van der Waals surface area contributed by atoms with Gasteiger partial charge in [0.25, 0.3) is 0 Å². The summed E-state index contributed by atoms with van der Waals surface area (Å²) in [5, 5.41) is 14.8. The summed E-state index contributed by atoms with van der Waals surface area (Å²) in [6.07, 6.45) is 5.97. The number of ether oxygens (including phenoxy) is 1. The van der Waals surface area contributed by atoms with Crippen molar-refractivity contribution in [2.24, 2.45) is 5.41 Å². The largest absolute Gasteiger partial charge is 0.481 e. The van der Waals surface area contributed by atoms with Crippen LogP contribution in [0, 0.1) is 5.41 Å². The van der Waals surface area contributed by atoms with E-state index >= 15 is 0 Å². The molecule has 0 atom stereocenters. The Morgan fingerprint density at radius 2 is 1.86 bits per heavy atom. The van der Waals surface area contributed by atoms with Crippen molar-refractivity contribution in [1.82, 2.24) is 10.6 Å². The van der Waals surface area contributed by atoms with Gasteiger partial charge in [0.05, 0.1) is 5.41 Å². The number of aliphatic carboxylic acids is 1. The molecule has 1 aliphatic rings. The van der Waals surface area contributed by atoms with Crippen molar-refractivity contribution in [3.05, 3.63) is 0 Å². The molecule has 0 unspecified atom stereocenters. The molecule has 0 bridgehead atoms. The summed E-state index contributed by atoms with van der Waals surface area (Å²) in [5.74, 6) is -0.796. The summed E-state index contributed by atoms with van der Waals surface area (Å²) >= 11 is 0. The van der Waals surface area contributed by atoms with E-state index in [1.807, 2.05) is 0 Å². The molecule has 0 aromatic rings. The lowest BCUT2D eigenvalue weighted by Gasteiger charge is -2.33. The minimum Gasteiger partial charge on any atom is -0.481 e. The highest BCUT2D eigenvalue weighted by molar-refractivity contribution is 5.78. The number of carbonyl (C=O) groups excluding carboxylic acids is 1. The number of rotatable bonds is 9. The highest BCUT2D eigenvalue weighted by atomic mass is 16.5. The second kappa shape index (κ2) is 9.60. The quantitative estimate of drug-likeness (QED) is 0.569. The van der Waals surface area contributed by atoms with E-state index in [9.17, 15) is 14.7 Å². The van der Waals surface area contributed by atoms with Gasteiger partial charge >= 0.3 is 12.0 Å². The Balaban J connectivity index is 2.20. The van der Waals surface area contributed by atoms with Crippen molar-refractivity contribution in [2.45, 2.75) is 51.9 Å².